The van der Waals surface area contributed by atoms with Gasteiger partial charge in [-0.2, -0.15) is 0 Å². The van der Waals surface area contributed by atoms with Crippen LogP contribution in [-0.2, 0) is 9.59 Å². The Hall–Kier alpha value is -1.16. The number of ketones is 1. The fourth-order valence-corrected chi connectivity index (χ4v) is 3.51. The standard InChI is InChI=1S/C20H34O4/c1-16(21)10-6-2-3-7-11-17-14-15-19(22)18(17)12-8-4-5-9-13-20(23)24/h7,11,16-18,21H,2-6,8-10,12-15H2,1H3,(H,23,24)/b11-7-/t16?,17-,18+/m0/s1. The van der Waals surface area contributed by atoms with Crippen molar-refractivity contribution in [3.05, 3.63) is 12.2 Å². The third kappa shape index (κ3) is 9.21. The fraction of sp³-hybridized carbons (Fsp3) is 0.800. The molecule has 0 amide bonds. The Morgan fingerprint density at radius 1 is 1.21 bits per heavy atom. The van der Waals surface area contributed by atoms with E-state index in [0.717, 1.165) is 64.2 Å². The largest absolute Gasteiger partial charge is 0.481 e. The molecular formula is C20H34O4. The quantitative estimate of drug-likeness (QED) is 0.383. The second kappa shape index (κ2) is 12.2. The molecule has 1 aliphatic carbocycles. The number of rotatable bonds is 13. The van der Waals surface area contributed by atoms with Crippen molar-refractivity contribution < 1.29 is 19.8 Å². The smallest absolute Gasteiger partial charge is 0.303 e. The molecule has 4 nitrogen and oxygen atoms in total. The Kier molecular flexibility index (Phi) is 10.6. The first kappa shape index (κ1) is 20.9. The molecule has 1 aliphatic rings. The number of hydrogen-bond acceptors (Lipinski definition) is 3. The maximum Gasteiger partial charge on any atom is 0.303 e. The van der Waals surface area contributed by atoms with Gasteiger partial charge >= 0.3 is 5.97 Å². The van der Waals surface area contributed by atoms with Crippen molar-refractivity contribution in [2.24, 2.45) is 11.8 Å². The van der Waals surface area contributed by atoms with Crippen LogP contribution in [0.4, 0.5) is 0 Å². The van der Waals surface area contributed by atoms with E-state index in [-0.39, 0.29) is 18.4 Å². The molecule has 0 spiro atoms. The second-order valence-corrected chi connectivity index (χ2v) is 7.18. The summed E-state index contributed by atoms with van der Waals surface area (Å²) in [6.07, 6.45) is 14.9. The van der Waals surface area contributed by atoms with Crippen molar-refractivity contribution >= 4 is 11.8 Å². The van der Waals surface area contributed by atoms with E-state index in [4.69, 9.17) is 5.11 Å². The minimum absolute atomic E-state index is 0.179. The van der Waals surface area contributed by atoms with Crippen LogP contribution >= 0.6 is 0 Å². The summed E-state index contributed by atoms with van der Waals surface area (Å²) in [4.78, 5) is 22.5. The first-order valence-electron chi connectivity index (χ1n) is 9.60. The number of aliphatic carboxylic acids is 1. The van der Waals surface area contributed by atoms with Gasteiger partial charge in [0, 0.05) is 18.8 Å². The number of carbonyl (C=O) groups excluding carboxylic acids is 1. The van der Waals surface area contributed by atoms with E-state index in [9.17, 15) is 14.7 Å². The van der Waals surface area contributed by atoms with Crippen LogP contribution in [0.1, 0.15) is 84.0 Å². The Morgan fingerprint density at radius 3 is 2.67 bits per heavy atom. The maximum atomic E-state index is 12.1. The molecule has 138 valence electrons. The lowest BCUT2D eigenvalue weighted by Gasteiger charge is -2.14. The molecule has 0 radical (unpaired) electrons. The zero-order valence-corrected chi connectivity index (χ0v) is 15.1. The molecule has 24 heavy (non-hydrogen) atoms. The number of aliphatic hydroxyl groups excluding tert-OH is 1. The van der Waals surface area contributed by atoms with Crippen molar-refractivity contribution in [2.45, 2.75) is 90.1 Å². The molecule has 1 unspecified atom stereocenters. The maximum absolute atomic E-state index is 12.1. The summed E-state index contributed by atoms with van der Waals surface area (Å²) in [6, 6.07) is 0. The number of hydrogen-bond donors (Lipinski definition) is 2. The number of aliphatic hydroxyl groups is 1. The topological polar surface area (TPSA) is 74.6 Å². The fourth-order valence-electron chi connectivity index (χ4n) is 3.51. The predicted octanol–water partition coefficient (Wildman–Crippen LogP) is 4.50. The highest BCUT2D eigenvalue weighted by atomic mass is 16.4. The van der Waals surface area contributed by atoms with Crippen molar-refractivity contribution in [3.8, 4) is 0 Å². The van der Waals surface area contributed by atoms with E-state index < -0.39 is 5.97 Å². The van der Waals surface area contributed by atoms with Gasteiger partial charge in [0.1, 0.15) is 5.78 Å². The average Bonchev–Trinajstić information content (AvgIpc) is 2.86. The summed E-state index contributed by atoms with van der Waals surface area (Å²) in [5.74, 6) is 0.260. The van der Waals surface area contributed by atoms with Gasteiger partial charge in [0.25, 0.3) is 0 Å². The van der Waals surface area contributed by atoms with E-state index in [1.165, 1.54) is 0 Å². The summed E-state index contributed by atoms with van der Waals surface area (Å²) < 4.78 is 0. The molecule has 0 saturated heterocycles. The zero-order chi connectivity index (χ0) is 17.8. The van der Waals surface area contributed by atoms with Crippen LogP contribution < -0.4 is 0 Å². The first-order valence-corrected chi connectivity index (χ1v) is 9.60. The molecule has 4 heteroatoms. The van der Waals surface area contributed by atoms with Gasteiger partial charge in [-0.05, 0) is 51.4 Å². The molecule has 0 aromatic heterocycles. The van der Waals surface area contributed by atoms with E-state index in [2.05, 4.69) is 12.2 Å². The lowest BCUT2D eigenvalue weighted by molar-refractivity contribution is -0.137. The number of carboxylic acids is 1. The molecule has 0 aromatic carbocycles. The minimum atomic E-state index is -0.723. The summed E-state index contributed by atoms with van der Waals surface area (Å²) >= 11 is 0. The number of unbranched alkanes of at least 4 members (excludes halogenated alkanes) is 5. The van der Waals surface area contributed by atoms with Crippen molar-refractivity contribution in [3.63, 3.8) is 0 Å². The van der Waals surface area contributed by atoms with Gasteiger partial charge in [-0.25, -0.2) is 0 Å². The van der Waals surface area contributed by atoms with Gasteiger partial charge in [-0.15, -0.1) is 0 Å². The van der Waals surface area contributed by atoms with Gasteiger partial charge in [-0.3, -0.25) is 9.59 Å². The molecule has 1 saturated carbocycles. The monoisotopic (exact) mass is 338 g/mol. The molecule has 1 fully saturated rings. The van der Waals surface area contributed by atoms with Crippen molar-refractivity contribution in [1.82, 2.24) is 0 Å². The van der Waals surface area contributed by atoms with Crippen LogP contribution in [0.5, 0.6) is 0 Å². The molecular weight excluding hydrogens is 304 g/mol. The van der Waals surface area contributed by atoms with Gasteiger partial charge in [0.2, 0.25) is 0 Å². The van der Waals surface area contributed by atoms with E-state index in [0.29, 0.717) is 18.1 Å². The van der Waals surface area contributed by atoms with Crippen molar-refractivity contribution in [1.29, 1.82) is 0 Å². The summed E-state index contributed by atoms with van der Waals surface area (Å²) in [5, 5.41) is 17.8. The second-order valence-electron chi connectivity index (χ2n) is 7.18. The Labute approximate surface area is 146 Å². The number of carboxylic acid groups (broad SMARTS) is 1. The van der Waals surface area contributed by atoms with Crippen LogP contribution in [0.3, 0.4) is 0 Å². The lowest BCUT2D eigenvalue weighted by atomic mass is 9.89. The molecule has 0 aromatic rings. The Bertz CT molecular complexity index is 400. The number of Topliss-reactive ketones (excluding diaryl/α,β-unsaturated/α-hetero) is 1. The highest BCUT2D eigenvalue weighted by molar-refractivity contribution is 5.83. The van der Waals surface area contributed by atoms with E-state index >= 15 is 0 Å². The van der Waals surface area contributed by atoms with E-state index in [1.54, 1.807) is 0 Å². The van der Waals surface area contributed by atoms with Gasteiger partial charge in [0.15, 0.2) is 0 Å². The van der Waals surface area contributed by atoms with Crippen LogP contribution in [0, 0.1) is 11.8 Å². The van der Waals surface area contributed by atoms with Crippen LogP contribution in [0.15, 0.2) is 12.2 Å². The third-order valence-electron chi connectivity index (χ3n) is 4.94. The third-order valence-corrected chi connectivity index (χ3v) is 4.94. The minimum Gasteiger partial charge on any atom is -0.481 e. The van der Waals surface area contributed by atoms with Crippen LogP contribution in [-0.4, -0.2) is 28.1 Å². The molecule has 3 atom stereocenters. The molecule has 1 rings (SSSR count). The molecule has 0 aliphatic heterocycles. The summed E-state index contributed by atoms with van der Waals surface area (Å²) in [7, 11) is 0. The van der Waals surface area contributed by atoms with Crippen molar-refractivity contribution in [2.75, 3.05) is 0 Å². The zero-order valence-electron chi connectivity index (χ0n) is 15.1. The highest BCUT2D eigenvalue weighted by Gasteiger charge is 2.31. The van der Waals surface area contributed by atoms with Crippen LogP contribution in [0.25, 0.3) is 0 Å². The van der Waals surface area contributed by atoms with Gasteiger partial charge < -0.3 is 10.2 Å². The molecule has 0 heterocycles. The number of allylic oxidation sites excluding steroid dienone is 2. The van der Waals surface area contributed by atoms with E-state index in [1.807, 2.05) is 6.92 Å². The van der Waals surface area contributed by atoms with Gasteiger partial charge in [-0.1, -0.05) is 37.8 Å². The Morgan fingerprint density at radius 2 is 1.96 bits per heavy atom. The first-order chi connectivity index (χ1) is 11.5. The Balaban J connectivity index is 2.19. The number of carbonyl (C=O) groups is 2. The predicted molar refractivity (Wildman–Crippen MR) is 95.8 cm³/mol. The SMILES string of the molecule is CC(O)CCCC/C=C\[C@H]1CCC(=O)[C@@H]1CCCCCCC(=O)O. The van der Waals surface area contributed by atoms with Crippen LogP contribution in [0.2, 0.25) is 0 Å². The summed E-state index contributed by atoms with van der Waals surface area (Å²) in [6.45, 7) is 1.83. The molecule has 2 N–H and O–H groups in total. The molecule has 0 bridgehead atoms. The summed E-state index contributed by atoms with van der Waals surface area (Å²) in [5.41, 5.74) is 0. The normalized spacial score (nSPS) is 22.3. The lowest BCUT2D eigenvalue weighted by Crippen LogP contribution is -2.13. The van der Waals surface area contributed by atoms with Gasteiger partial charge in [0.05, 0.1) is 6.10 Å². The average molecular weight is 338 g/mol. The highest BCUT2D eigenvalue weighted by Crippen LogP contribution is 2.34.